The Morgan fingerprint density at radius 1 is 0.914 bits per heavy atom. The molecule has 8 nitrogen and oxygen atoms in total. The zero-order valence-corrected chi connectivity index (χ0v) is 20.8. The maximum atomic E-state index is 12.9. The lowest BCUT2D eigenvalue weighted by Crippen LogP contribution is -2.47. The number of aromatic carboxylic acids is 1. The Bertz CT molecular complexity index is 1330. The number of hydrogen-bond donors (Lipinski definition) is 2. The van der Waals surface area contributed by atoms with Crippen molar-refractivity contribution in [3.8, 4) is 5.75 Å². The zero-order valence-electron chi connectivity index (χ0n) is 20.0. The maximum Gasteiger partial charge on any atom is 0.337 e. The van der Waals surface area contributed by atoms with Crippen LogP contribution in [-0.2, 0) is 10.0 Å². The molecular weight excluding hydrogens is 466 g/mol. The van der Waals surface area contributed by atoms with Crippen molar-refractivity contribution in [1.29, 1.82) is 0 Å². The lowest BCUT2D eigenvalue weighted by Gasteiger charge is -2.38. The van der Waals surface area contributed by atoms with Crippen LogP contribution in [0, 0.1) is 13.8 Å². The van der Waals surface area contributed by atoms with Gasteiger partial charge in [0, 0.05) is 37.6 Å². The second kappa shape index (κ2) is 9.87. The molecule has 1 aliphatic heterocycles. The summed E-state index contributed by atoms with van der Waals surface area (Å²) in [5, 5.41) is 9.86. The first kappa shape index (κ1) is 24.4. The van der Waals surface area contributed by atoms with Gasteiger partial charge in [0.05, 0.1) is 23.3 Å². The summed E-state index contributed by atoms with van der Waals surface area (Å²) in [6.07, 6.45) is 0. The number of aryl methyl sites for hydroxylation is 2. The SMILES string of the molecule is COc1ccc(N2CCN(c3ccc(NS(=O)(=O)c4ccc(C)cc4C)cc3C(=O)O)CC2)cc1. The smallest absolute Gasteiger partial charge is 0.337 e. The van der Waals surface area contributed by atoms with E-state index in [-0.39, 0.29) is 16.1 Å². The minimum Gasteiger partial charge on any atom is -0.497 e. The fourth-order valence-corrected chi connectivity index (χ4v) is 5.63. The average Bonchev–Trinajstić information content (AvgIpc) is 2.83. The third kappa shape index (κ3) is 5.35. The van der Waals surface area contributed by atoms with Gasteiger partial charge in [-0.25, -0.2) is 13.2 Å². The van der Waals surface area contributed by atoms with E-state index in [4.69, 9.17) is 4.74 Å². The van der Waals surface area contributed by atoms with Crippen molar-refractivity contribution in [2.45, 2.75) is 18.7 Å². The predicted octanol–water partition coefficient (Wildman–Crippen LogP) is 4.14. The highest BCUT2D eigenvalue weighted by molar-refractivity contribution is 7.92. The number of benzene rings is 3. The summed E-state index contributed by atoms with van der Waals surface area (Å²) in [4.78, 5) is 16.5. The Hall–Kier alpha value is -3.72. The molecule has 0 spiro atoms. The van der Waals surface area contributed by atoms with Crippen molar-refractivity contribution in [2.24, 2.45) is 0 Å². The molecule has 0 radical (unpaired) electrons. The first-order valence-corrected chi connectivity index (χ1v) is 12.8. The molecule has 0 aliphatic carbocycles. The van der Waals surface area contributed by atoms with Crippen LogP contribution in [0.2, 0.25) is 0 Å². The second-order valence-electron chi connectivity index (χ2n) is 8.58. The lowest BCUT2D eigenvalue weighted by atomic mass is 10.1. The molecule has 4 rings (SSSR count). The number of rotatable bonds is 7. The van der Waals surface area contributed by atoms with Gasteiger partial charge in [-0.2, -0.15) is 0 Å². The van der Waals surface area contributed by atoms with Gasteiger partial charge in [0.15, 0.2) is 0 Å². The molecule has 0 bridgehead atoms. The Morgan fingerprint density at radius 3 is 2.17 bits per heavy atom. The Balaban J connectivity index is 1.51. The molecule has 35 heavy (non-hydrogen) atoms. The van der Waals surface area contributed by atoms with Crippen molar-refractivity contribution in [2.75, 3.05) is 47.8 Å². The summed E-state index contributed by atoms with van der Waals surface area (Å²) in [6, 6.07) is 17.6. The number of methoxy groups -OCH3 is 1. The van der Waals surface area contributed by atoms with E-state index < -0.39 is 16.0 Å². The zero-order chi connectivity index (χ0) is 25.2. The fraction of sp³-hybridized carbons (Fsp3) is 0.269. The number of carbonyl (C=O) groups is 1. The largest absolute Gasteiger partial charge is 0.497 e. The number of ether oxygens (including phenoxy) is 1. The number of nitrogens with one attached hydrogen (secondary N) is 1. The number of hydrogen-bond acceptors (Lipinski definition) is 6. The minimum absolute atomic E-state index is 0.0590. The van der Waals surface area contributed by atoms with E-state index in [9.17, 15) is 18.3 Å². The number of sulfonamides is 1. The molecule has 1 aliphatic rings. The van der Waals surface area contributed by atoms with Gasteiger partial charge in [-0.1, -0.05) is 17.7 Å². The Kier molecular flexibility index (Phi) is 6.88. The monoisotopic (exact) mass is 495 g/mol. The van der Waals surface area contributed by atoms with Gasteiger partial charge in [-0.05, 0) is 67.9 Å². The van der Waals surface area contributed by atoms with Crippen LogP contribution in [0.4, 0.5) is 17.1 Å². The number of nitrogens with zero attached hydrogens (tertiary/aromatic N) is 2. The molecule has 0 saturated carbocycles. The number of anilines is 3. The minimum atomic E-state index is -3.86. The molecule has 0 aromatic heterocycles. The molecule has 1 heterocycles. The standard InChI is InChI=1S/C26H29N3O5S/c1-18-4-11-25(19(2)16-18)35(32,33)27-20-5-10-24(23(17-20)26(30)31)29-14-12-28(13-15-29)21-6-8-22(34-3)9-7-21/h4-11,16-17,27H,12-15H2,1-3H3,(H,30,31). The quantitative estimate of drug-likeness (QED) is 0.508. The molecule has 9 heteroatoms. The molecule has 184 valence electrons. The molecule has 0 amide bonds. The average molecular weight is 496 g/mol. The summed E-state index contributed by atoms with van der Waals surface area (Å²) in [5.41, 5.74) is 3.52. The predicted molar refractivity (Wildman–Crippen MR) is 138 cm³/mol. The van der Waals surface area contributed by atoms with Gasteiger partial charge in [0.25, 0.3) is 10.0 Å². The van der Waals surface area contributed by atoms with Gasteiger partial charge < -0.3 is 19.6 Å². The summed E-state index contributed by atoms with van der Waals surface area (Å²) in [6.45, 7) is 6.36. The van der Waals surface area contributed by atoms with E-state index in [0.29, 0.717) is 24.3 Å². The third-order valence-corrected chi connectivity index (χ3v) is 7.70. The van der Waals surface area contributed by atoms with Crippen LogP contribution in [0.1, 0.15) is 21.5 Å². The molecule has 1 saturated heterocycles. The van der Waals surface area contributed by atoms with E-state index in [0.717, 1.165) is 30.1 Å². The van der Waals surface area contributed by atoms with Gasteiger partial charge in [-0.3, -0.25) is 4.72 Å². The van der Waals surface area contributed by atoms with E-state index in [1.165, 1.54) is 6.07 Å². The maximum absolute atomic E-state index is 12.9. The number of piperazine rings is 1. The normalized spacial score (nSPS) is 14.0. The van der Waals surface area contributed by atoms with Gasteiger partial charge >= 0.3 is 5.97 Å². The van der Waals surface area contributed by atoms with Crippen LogP contribution in [0.5, 0.6) is 5.75 Å². The number of carboxylic acids is 1. The highest BCUT2D eigenvalue weighted by Gasteiger charge is 2.24. The van der Waals surface area contributed by atoms with Crippen LogP contribution >= 0.6 is 0 Å². The van der Waals surface area contributed by atoms with Gasteiger partial charge in [-0.15, -0.1) is 0 Å². The van der Waals surface area contributed by atoms with E-state index in [1.54, 1.807) is 44.4 Å². The van der Waals surface area contributed by atoms with Crippen LogP contribution in [0.25, 0.3) is 0 Å². The first-order chi connectivity index (χ1) is 16.7. The van der Waals surface area contributed by atoms with Gasteiger partial charge in [0.2, 0.25) is 0 Å². The number of carboxylic acid groups (broad SMARTS) is 1. The summed E-state index contributed by atoms with van der Waals surface area (Å²) < 4.78 is 33.6. The van der Waals surface area contributed by atoms with Crippen molar-refractivity contribution in [3.05, 3.63) is 77.4 Å². The molecular formula is C26H29N3O5S. The summed E-state index contributed by atoms with van der Waals surface area (Å²) in [7, 11) is -2.22. The van der Waals surface area contributed by atoms with E-state index in [1.807, 2.05) is 36.1 Å². The third-order valence-electron chi connectivity index (χ3n) is 6.16. The Morgan fingerprint density at radius 2 is 1.57 bits per heavy atom. The fourth-order valence-electron chi connectivity index (χ4n) is 4.36. The van der Waals surface area contributed by atoms with Crippen molar-refractivity contribution >= 4 is 33.1 Å². The topological polar surface area (TPSA) is 99.2 Å². The van der Waals surface area contributed by atoms with Crippen LogP contribution in [0.15, 0.2) is 65.6 Å². The summed E-state index contributed by atoms with van der Waals surface area (Å²) in [5.74, 6) is -0.308. The molecule has 2 N–H and O–H groups in total. The molecule has 3 aromatic carbocycles. The van der Waals surface area contributed by atoms with E-state index >= 15 is 0 Å². The highest BCUT2D eigenvalue weighted by atomic mass is 32.2. The van der Waals surface area contributed by atoms with Crippen molar-refractivity contribution < 1.29 is 23.1 Å². The van der Waals surface area contributed by atoms with Crippen molar-refractivity contribution in [1.82, 2.24) is 0 Å². The van der Waals surface area contributed by atoms with Crippen molar-refractivity contribution in [3.63, 3.8) is 0 Å². The highest BCUT2D eigenvalue weighted by Crippen LogP contribution is 2.29. The molecule has 0 atom stereocenters. The molecule has 3 aromatic rings. The van der Waals surface area contributed by atoms with Gasteiger partial charge in [0.1, 0.15) is 5.75 Å². The lowest BCUT2D eigenvalue weighted by molar-refractivity contribution is 0.0697. The van der Waals surface area contributed by atoms with Crippen LogP contribution < -0.4 is 19.3 Å². The Labute approximate surface area is 205 Å². The van der Waals surface area contributed by atoms with Crippen LogP contribution in [0.3, 0.4) is 0 Å². The second-order valence-corrected chi connectivity index (χ2v) is 10.2. The van der Waals surface area contributed by atoms with E-state index in [2.05, 4.69) is 9.62 Å². The van der Waals surface area contributed by atoms with Crippen LogP contribution in [-0.4, -0.2) is 52.8 Å². The molecule has 1 fully saturated rings. The first-order valence-electron chi connectivity index (χ1n) is 11.3. The molecule has 0 unspecified atom stereocenters. The summed E-state index contributed by atoms with van der Waals surface area (Å²) >= 11 is 0.